The molecular weight excluding hydrogens is 423 g/mol. The van der Waals surface area contributed by atoms with Gasteiger partial charge in [-0.1, -0.05) is 0 Å². The van der Waals surface area contributed by atoms with Crippen LogP contribution in [-0.2, 0) is 24.6 Å². The predicted molar refractivity (Wildman–Crippen MR) is 99.9 cm³/mol. The summed E-state index contributed by atoms with van der Waals surface area (Å²) >= 11 is 0. The summed E-state index contributed by atoms with van der Waals surface area (Å²) in [5, 5.41) is 10.4. The van der Waals surface area contributed by atoms with Gasteiger partial charge in [-0.25, -0.2) is 14.4 Å². The van der Waals surface area contributed by atoms with Gasteiger partial charge >= 0.3 is 24.1 Å². The summed E-state index contributed by atoms with van der Waals surface area (Å²) in [4.78, 5) is 36.0. The van der Waals surface area contributed by atoms with Crippen LogP contribution in [0.4, 0.5) is 13.2 Å². The number of methoxy groups -OCH3 is 3. The van der Waals surface area contributed by atoms with Crippen LogP contribution in [0.3, 0.4) is 0 Å². The second kappa shape index (κ2) is 8.42. The third-order valence-corrected chi connectivity index (χ3v) is 4.73. The Morgan fingerprint density at radius 2 is 1.35 bits per heavy atom. The topological polar surface area (TPSA) is 104 Å². The van der Waals surface area contributed by atoms with E-state index in [2.05, 4.69) is 14.2 Å². The smallest absolute Gasteiger partial charge is 0.432 e. The zero-order chi connectivity index (χ0) is 23.7. The normalized spacial score (nSPS) is 13.3. The van der Waals surface area contributed by atoms with Crippen LogP contribution in [0, 0.1) is 13.8 Å². The monoisotopic (exact) mass is 443 g/mol. The molecule has 0 aliphatic carbocycles. The van der Waals surface area contributed by atoms with Crippen molar-refractivity contribution in [3.8, 4) is 5.69 Å². The lowest BCUT2D eigenvalue weighted by Gasteiger charge is -2.28. The van der Waals surface area contributed by atoms with Crippen LogP contribution < -0.4 is 0 Å². The lowest BCUT2D eigenvalue weighted by molar-refractivity contribution is -0.267. The highest BCUT2D eigenvalue weighted by molar-refractivity contribution is 5.96. The summed E-state index contributed by atoms with van der Waals surface area (Å²) in [6.45, 7) is 2.66. The number of esters is 3. The second-order valence-corrected chi connectivity index (χ2v) is 6.57. The minimum Gasteiger partial charge on any atom is -0.466 e. The molecule has 31 heavy (non-hydrogen) atoms. The van der Waals surface area contributed by atoms with Crippen LogP contribution in [0.15, 0.2) is 24.3 Å². The van der Waals surface area contributed by atoms with Gasteiger partial charge in [0.25, 0.3) is 5.60 Å². The Bertz CT molecular complexity index is 1010. The number of carbonyl (C=O) groups excluding carboxylic acids is 3. The third kappa shape index (κ3) is 4.00. The van der Waals surface area contributed by atoms with Crippen molar-refractivity contribution >= 4 is 17.9 Å². The van der Waals surface area contributed by atoms with E-state index in [-0.39, 0.29) is 28.2 Å². The fraction of sp³-hybridized carbons (Fsp3) is 0.350. The van der Waals surface area contributed by atoms with E-state index in [1.165, 1.54) is 36.6 Å². The number of aryl methyl sites for hydroxylation is 1. The van der Waals surface area contributed by atoms with E-state index < -0.39 is 35.2 Å². The number of aromatic nitrogens is 1. The van der Waals surface area contributed by atoms with E-state index in [4.69, 9.17) is 0 Å². The van der Waals surface area contributed by atoms with Crippen molar-refractivity contribution in [3.05, 3.63) is 52.3 Å². The highest BCUT2D eigenvalue weighted by Gasteiger charge is 2.63. The molecule has 0 unspecified atom stereocenters. The quantitative estimate of drug-likeness (QED) is 0.560. The number of alkyl halides is 3. The number of hydrogen-bond acceptors (Lipinski definition) is 7. The maximum atomic E-state index is 13.7. The summed E-state index contributed by atoms with van der Waals surface area (Å²) in [5.41, 5.74) is -4.68. The third-order valence-electron chi connectivity index (χ3n) is 4.73. The van der Waals surface area contributed by atoms with Crippen molar-refractivity contribution in [2.45, 2.75) is 25.6 Å². The molecule has 2 rings (SSSR count). The van der Waals surface area contributed by atoms with E-state index in [1.807, 2.05) is 0 Å². The molecule has 8 nitrogen and oxygen atoms in total. The molecular formula is C20H20F3NO7. The minimum absolute atomic E-state index is 0.0616. The Morgan fingerprint density at radius 1 is 0.871 bits per heavy atom. The highest BCUT2D eigenvalue weighted by atomic mass is 19.4. The van der Waals surface area contributed by atoms with Gasteiger partial charge in [-0.05, 0) is 38.1 Å². The molecule has 0 spiro atoms. The maximum absolute atomic E-state index is 13.7. The highest BCUT2D eigenvalue weighted by Crippen LogP contribution is 2.42. The predicted octanol–water partition coefficient (Wildman–Crippen LogP) is 2.59. The molecule has 11 heteroatoms. The van der Waals surface area contributed by atoms with Crippen molar-refractivity contribution in [1.82, 2.24) is 4.57 Å². The molecule has 1 aromatic carbocycles. The molecule has 1 heterocycles. The number of rotatable bonds is 5. The summed E-state index contributed by atoms with van der Waals surface area (Å²) in [5.74, 6) is -3.49. The van der Waals surface area contributed by atoms with Crippen molar-refractivity contribution in [1.29, 1.82) is 0 Å². The minimum atomic E-state index is -5.38. The first-order chi connectivity index (χ1) is 14.3. The van der Waals surface area contributed by atoms with E-state index in [0.29, 0.717) is 0 Å². The van der Waals surface area contributed by atoms with Gasteiger partial charge in [0.2, 0.25) is 0 Å². The first-order valence-corrected chi connectivity index (χ1v) is 8.72. The first kappa shape index (κ1) is 23.9. The number of ether oxygens (including phenoxy) is 3. The standard InChI is InChI=1S/C20H20F3NO7/c1-10-6-15(19(28,18(27)31-5)20(21,22)23)11(2)24(10)14-8-12(16(25)29-3)7-13(9-14)17(26)30-4/h6-9,28H,1-5H3/t19-/m0/s1. The fourth-order valence-electron chi connectivity index (χ4n) is 3.26. The molecule has 0 amide bonds. The Hall–Kier alpha value is -3.34. The number of hydrogen-bond donors (Lipinski definition) is 1. The van der Waals surface area contributed by atoms with Gasteiger partial charge in [0, 0.05) is 22.6 Å². The number of aliphatic hydroxyl groups is 1. The van der Waals surface area contributed by atoms with Gasteiger partial charge < -0.3 is 23.9 Å². The zero-order valence-electron chi connectivity index (χ0n) is 17.3. The van der Waals surface area contributed by atoms with E-state index >= 15 is 0 Å². The Balaban J connectivity index is 2.83. The van der Waals surface area contributed by atoms with Gasteiger partial charge in [-0.15, -0.1) is 0 Å². The SMILES string of the molecule is COC(=O)c1cc(C(=O)OC)cc(-n2c(C)cc([C@](O)(C(=O)OC)C(F)(F)F)c2C)c1. The fourth-order valence-corrected chi connectivity index (χ4v) is 3.26. The van der Waals surface area contributed by atoms with Gasteiger partial charge in [-0.2, -0.15) is 13.2 Å². The zero-order valence-corrected chi connectivity index (χ0v) is 17.3. The van der Waals surface area contributed by atoms with Crippen molar-refractivity contribution in [2.75, 3.05) is 21.3 Å². The number of nitrogens with zero attached hydrogens (tertiary/aromatic N) is 1. The van der Waals surface area contributed by atoms with Gasteiger partial charge in [-0.3, -0.25) is 0 Å². The summed E-state index contributed by atoms with van der Waals surface area (Å²) in [7, 11) is 2.97. The van der Waals surface area contributed by atoms with Crippen molar-refractivity contribution in [3.63, 3.8) is 0 Å². The van der Waals surface area contributed by atoms with E-state index in [0.717, 1.165) is 27.4 Å². The summed E-state index contributed by atoms with van der Waals surface area (Å²) in [6.07, 6.45) is -5.38. The number of halogens is 3. The largest absolute Gasteiger partial charge is 0.466 e. The molecule has 1 atom stereocenters. The molecule has 0 fully saturated rings. The molecule has 2 aromatic rings. The molecule has 0 saturated heterocycles. The van der Waals surface area contributed by atoms with E-state index in [9.17, 15) is 32.7 Å². The van der Waals surface area contributed by atoms with Gasteiger partial charge in [0.05, 0.1) is 32.5 Å². The second-order valence-electron chi connectivity index (χ2n) is 6.57. The van der Waals surface area contributed by atoms with Gasteiger partial charge in [0.15, 0.2) is 0 Å². The Kier molecular flexibility index (Phi) is 6.50. The van der Waals surface area contributed by atoms with Crippen LogP contribution in [-0.4, -0.2) is 55.1 Å². The van der Waals surface area contributed by atoms with Gasteiger partial charge in [0.1, 0.15) is 0 Å². The van der Waals surface area contributed by atoms with E-state index in [1.54, 1.807) is 0 Å². The molecule has 0 aliphatic heterocycles. The van der Waals surface area contributed by atoms with Crippen molar-refractivity contribution in [2.24, 2.45) is 0 Å². The lowest BCUT2D eigenvalue weighted by Crippen LogP contribution is -2.50. The average Bonchev–Trinajstić information content (AvgIpc) is 3.04. The maximum Gasteiger partial charge on any atom is 0.432 e. The van der Waals surface area contributed by atoms with Crippen LogP contribution >= 0.6 is 0 Å². The molecule has 0 saturated carbocycles. The lowest BCUT2D eigenvalue weighted by atomic mass is 9.93. The Morgan fingerprint density at radius 3 is 1.74 bits per heavy atom. The van der Waals surface area contributed by atoms with Crippen LogP contribution in [0.25, 0.3) is 5.69 Å². The Labute approximate surface area is 175 Å². The van der Waals surface area contributed by atoms with Crippen LogP contribution in [0.1, 0.15) is 37.7 Å². The molecule has 1 N–H and O–H groups in total. The summed E-state index contributed by atoms with van der Waals surface area (Å²) in [6, 6.07) is 4.75. The summed E-state index contributed by atoms with van der Waals surface area (Å²) < 4.78 is 55.9. The van der Waals surface area contributed by atoms with Crippen molar-refractivity contribution < 1.29 is 46.9 Å². The molecule has 0 aliphatic rings. The van der Waals surface area contributed by atoms with Crippen LogP contribution in [0.5, 0.6) is 0 Å². The number of carbonyl (C=O) groups is 3. The molecule has 1 aromatic heterocycles. The average molecular weight is 443 g/mol. The molecule has 168 valence electrons. The van der Waals surface area contributed by atoms with Crippen LogP contribution in [0.2, 0.25) is 0 Å². The molecule has 0 radical (unpaired) electrons. The first-order valence-electron chi connectivity index (χ1n) is 8.72. The molecule has 0 bridgehead atoms. The number of benzene rings is 1.